The van der Waals surface area contributed by atoms with Gasteiger partial charge in [0.2, 0.25) is 0 Å². The van der Waals surface area contributed by atoms with Crippen molar-refractivity contribution in [2.45, 2.75) is 39.0 Å². The van der Waals surface area contributed by atoms with Gasteiger partial charge in [0.25, 0.3) is 0 Å². The molecule has 1 aromatic carbocycles. The van der Waals surface area contributed by atoms with E-state index in [4.69, 9.17) is 8.71 Å². The second-order valence-electron chi connectivity index (χ2n) is 5.44. The van der Waals surface area contributed by atoms with Gasteiger partial charge in [0.1, 0.15) is 0 Å². The van der Waals surface area contributed by atoms with E-state index in [1.807, 2.05) is 20.8 Å². The predicted octanol–water partition coefficient (Wildman–Crippen LogP) is 5.43. The van der Waals surface area contributed by atoms with Crippen LogP contribution in [0.25, 0.3) is 0 Å². The minimum atomic E-state index is -3.69. The van der Waals surface area contributed by atoms with Crippen molar-refractivity contribution in [3.8, 4) is 5.75 Å². The van der Waals surface area contributed by atoms with Crippen molar-refractivity contribution in [3.63, 3.8) is 0 Å². The zero-order chi connectivity index (χ0) is 18.2. The van der Waals surface area contributed by atoms with Gasteiger partial charge in [-0.15, -0.1) is 0 Å². The summed E-state index contributed by atoms with van der Waals surface area (Å²) in [5.74, 6) is -2.22. The highest BCUT2D eigenvalue weighted by Crippen LogP contribution is 2.72. The van der Waals surface area contributed by atoms with Gasteiger partial charge < -0.3 is 8.71 Å². The molecule has 0 heterocycles. The van der Waals surface area contributed by atoms with E-state index in [1.54, 1.807) is 31.2 Å². The molecule has 0 radical (unpaired) electrons. The SMILES string of the molecule is CCCSP(=O)(OCC)Sc1ccccc1OS(=O)(=O)CC(C)C. The predicted molar refractivity (Wildman–Crippen MR) is 104 cm³/mol. The van der Waals surface area contributed by atoms with Gasteiger partial charge in [-0.1, -0.05) is 44.3 Å². The molecule has 0 spiro atoms. The quantitative estimate of drug-likeness (QED) is 0.354. The van der Waals surface area contributed by atoms with Gasteiger partial charge in [-0.25, -0.2) is 0 Å². The molecule has 1 rings (SSSR count). The van der Waals surface area contributed by atoms with Crippen LogP contribution in [0.3, 0.4) is 0 Å². The molecule has 0 N–H and O–H groups in total. The van der Waals surface area contributed by atoms with Gasteiger partial charge >= 0.3 is 15.9 Å². The van der Waals surface area contributed by atoms with Crippen molar-refractivity contribution in [2.75, 3.05) is 18.1 Å². The van der Waals surface area contributed by atoms with Crippen molar-refractivity contribution in [1.82, 2.24) is 0 Å². The monoisotopic (exact) mass is 412 g/mol. The molecule has 1 unspecified atom stereocenters. The number of para-hydroxylation sites is 1. The highest BCUT2D eigenvalue weighted by Gasteiger charge is 2.28. The normalized spacial score (nSPS) is 14.5. The lowest BCUT2D eigenvalue weighted by molar-refractivity contribution is 0.357. The Morgan fingerprint density at radius 3 is 2.46 bits per heavy atom. The first kappa shape index (κ1) is 21.9. The van der Waals surface area contributed by atoms with E-state index in [1.165, 1.54) is 11.4 Å². The Labute approximate surface area is 153 Å². The van der Waals surface area contributed by atoms with E-state index in [-0.39, 0.29) is 17.4 Å². The Bertz CT molecular complexity index is 661. The van der Waals surface area contributed by atoms with Gasteiger partial charge in [-0.05, 0) is 42.8 Å². The highest BCUT2D eigenvalue weighted by atomic mass is 33.1. The molecule has 0 saturated heterocycles. The van der Waals surface area contributed by atoms with Gasteiger partial charge in [-0.3, -0.25) is 4.57 Å². The van der Waals surface area contributed by atoms with Crippen molar-refractivity contribution in [2.24, 2.45) is 5.92 Å². The Morgan fingerprint density at radius 2 is 1.88 bits per heavy atom. The molecular formula is C15H25O5PS3. The molecule has 24 heavy (non-hydrogen) atoms. The molecule has 0 aliphatic rings. The smallest absolute Gasteiger partial charge is 0.317 e. The van der Waals surface area contributed by atoms with Crippen LogP contribution in [0.1, 0.15) is 34.1 Å². The van der Waals surface area contributed by atoms with Crippen LogP contribution < -0.4 is 4.18 Å². The molecule has 0 aromatic heterocycles. The summed E-state index contributed by atoms with van der Waals surface area (Å²) in [6, 6.07) is 6.71. The summed E-state index contributed by atoms with van der Waals surface area (Å²) >= 11 is 2.32. The molecule has 1 atom stereocenters. The summed E-state index contributed by atoms with van der Waals surface area (Å²) in [6.07, 6.45) is 0.878. The second kappa shape index (κ2) is 10.1. The maximum atomic E-state index is 12.9. The Balaban J connectivity index is 3.02. The van der Waals surface area contributed by atoms with Gasteiger partial charge in [-0.2, -0.15) is 8.42 Å². The van der Waals surface area contributed by atoms with Crippen molar-refractivity contribution in [1.29, 1.82) is 0 Å². The zero-order valence-corrected chi connectivity index (χ0v) is 17.8. The van der Waals surface area contributed by atoms with Crippen LogP contribution in [0.4, 0.5) is 0 Å². The number of benzene rings is 1. The number of rotatable bonds is 11. The van der Waals surface area contributed by atoms with Crippen molar-refractivity contribution < 1.29 is 21.7 Å². The molecule has 0 fully saturated rings. The lowest BCUT2D eigenvalue weighted by Gasteiger charge is -2.18. The van der Waals surface area contributed by atoms with E-state index < -0.39 is 15.9 Å². The molecule has 0 amide bonds. The lowest BCUT2D eigenvalue weighted by Crippen LogP contribution is -2.17. The number of hydrogen-bond acceptors (Lipinski definition) is 7. The molecule has 138 valence electrons. The van der Waals surface area contributed by atoms with Crippen LogP contribution in [0.15, 0.2) is 29.2 Å². The van der Waals surface area contributed by atoms with Gasteiger partial charge in [0.15, 0.2) is 5.75 Å². The fourth-order valence-corrected chi connectivity index (χ4v) is 10.0. The van der Waals surface area contributed by atoms with Crippen LogP contribution in [0, 0.1) is 5.92 Å². The Morgan fingerprint density at radius 1 is 1.21 bits per heavy atom. The zero-order valence-electron chi connectivity index (χ0n) is 14.4. The van der Waals surface area contributed by atoms with Gasteiger partial charge in [0.05, 0.1) is 17.3 Å². The Kier molecular flexibility index (Phi) is 9.23. The van der Waals surface area contributed by atoms with Crippen LogP contribution in [0.5, 0.6) is 5.75 Å². The molecule has 9 heteroatoms. The van der Waals surface area contributed by atoms with Crippen molar-refractivity contribution in [3.05, 3.63) is 24.3 Å². The van der Waals surface area contributed by atoms with E-state index in [0.29, 0.717) is 17.3 Å². The highest BCUT2D eigenvalue weighted by molar-refractivity contribution is 8.89. The minimum Gasteiger partial charge on any atom is -0.381 e. The third kappa shape index (κ3) is 7.83. The topological polar surface area (TPSA) is 69.7 Å². The molecule has 0 aliphatic heterocycles. The first-order valence-corrected chi connectivity index (χ1v) is 14.0. The second-order valence-corrected chi connectivity index (χ2v) is 14.4. The van der Waals surface area contributed by atoms with Crippen LogP contribution in [-0.4, -0.2) is 26.5 Å². The molecule has 1 aromatic rings. The summed E-state index contributed by atoms with van der Waals surface area (Å²) in [4.78, 5) is 0.505. The maximum absolute atomic E-state index is 12.9. The van der Waals surface area contributed by atoms with Gasteiger partial charge in [0, 0.05) is 5.75 Å². The van der Waals surface area contributed by atoms with Crippen LogP contribution in [0.2, 0.25) is 0 Å². The van der Waals surface area contributed by atoms with Crippen LogP contribution >= 0.6 is 28.5 Å². The maximum Gasteiger partial charge on any atom is 0.317 e. The first-order chi connectivity index (χ1) is 11.2. The lowest BCUT2D eigenvalue weighted by atomic mass is 10.3. The third-order valence-electron chi connectivity index (χ3n) is 2.55. The van der Waals surface area contributed by atoms with E-state index in [9.17, 15) is 13.0 Å². The van der Waals surface area contributed by atoms with E-state index in [0.717, 1.165) is 17.8 Å². The average Bonchev–Trinajstić information content (AvgIpc) is 2.46. The van der Waals surface area contributed by atoms with Crippen LogP contribution in [-0.2, 0) is 19.2 Å². The molecule has 0 bridgehead atoms. The standard InChI is InChI=1S/C15H25O5PS3/c1-5-11-22-21(16,19-6-2)23-15-10-8-7-9-14(15)20-24(17,18)12-13(3)4/h7-10,13H,5-6,11-12H2,1-4H3. The molecular weight excluding hydrogens is 387 g/mol. The number of hydrogen-bond donors (Lipinski definition) is 0. The summed E-state index contributed by atoms with van der Waals surface area (Å²) in [5, 5.41) is 0. The van der Waals surface area contributed by atoms with E-state index in [2.05, 4.69) is 0 Å². The fourth-order valence-electron chi connectivity index (χ4n) is 1.75. The van der Waals surface area contributed by atoms with Crippen molar-refractivity contribution >= 4 is 38.7 Å². The largest absolute Gasteiger partial charge is 0.381 e. The van der Waals surface area contributed by atoms with E-state index >= 15 is 0 Å². The summed E-state index contributed by atoms with van der Waals surface area (Å²) in [7, 11) is -3.69. The molecule has 0 saturated carbocycles. The first-order valence-electron chi connectivity index (χ1n) is 7.81. The molecule has 0 aliphatic carbocycles. The molecule has 5 nitrogen and oxygen atoms in total. The Hall–Kier alpha value is -0.140. The third-order valence-corrected chi connectivity index (χ3v) is 11.3. The average molecular weight is 413 g/mol. The summed E-state index contributed by atoms with van der Waals surface area (Å²) in [5.41, 5.74) is 0. The summed E-state index contributed by atoms with van der Waals surface area (Å²) < 4.78 is 47.8. The summed E-state index contributed by atoms with van der Waals surface area (Å²) in [6.45, 7) is 7.74. The minimum absolute atomic E-state index is 0.0375. The fraction of sp³-hybridized carbons (Fsp3) is 0.600.